The van der Waals surface area contributed by atoms with Gasteiger partial charge in [0.1, 0.15) is 24.0 Å². The van der Waals surface area contributed by atoms with Crippen LogP contribution in [0.4, 0.5) is 4.39 Å². The molecule has 2 heterocycles. The van der Waals surface area contributed by atoms with Gasteiger partial charge in [0.05, 0.1) is 0 Å². The molecule has 4 nitrogen and oxygen atoms in total. The molecule has 0 fully saturated rings. The van der Waals surface area contributed by atoms with E-state index < -0.39 is 0 Å². The Kier molecular flexibility index (Phi) is 2.96. The van der Waals surface area contributed by atoms with E-state index in [1.807, 2.05) is 0 Å². The van der Waals surface area contributed by atoms with Crippen molar-refractivity contribution >= 4 is 0 Å². The normalized spacial score (nSPS) is 14.3. The van der Waals surface area contributed by atoms with Gasteiger partial charge < -0.3 is 9.30 Å². The third-order valence-corrected chi connectivity index (χ3v) is 3.10. The molecule has 1 aliphatic heterocycles. The predicted octanol–water partition coefficient (Wildman–Crippen LogP) is 2.33. The summed E-state index contributed by atoms with van der Waals surface area (Å²) in [5, 5.41) is 8.27. The summed E-state index contributed by atoms with van der Waals surface area (Å²) in [5.74, 6) is 2.06. The van der Waals surface area contributed by atoms with E-state index in [1.165, 1.54) is 18.6 Å². The van der Waals surface area contributed by atoms with Gasteiger partial charge in [0, 0.05) is 19.0 Å². The van der Waals surface area contributed by atoms with Gasteiger partial charge in [-0.3, -0.25) is 0 Å². The van der Waals surface area contributed by atoms with E-state index in [9.17, 15) is 4.39 Å². The van der Waals surface area contributed by atoms with Crippen molar-refractivity contribution in [3.05, 3.63) is 41.7 Å². The van der Waals surface area contributed by atoms with Crippen LogP contribution in [0.15, 0.2) is 24.3 Å². The summed E-state index contributed by atoms with van der Waals surface area (Å²) in [6, 6.07) is 6.12. The van der Waals surface area contributed by atoms with Crippen LogP contribution in [0.25, 0.3) is 0 Å². The first-order valence-corrected chi connectivity index (χ1v) is 6.12. The van der Waals surface area contributed by atoms with Crippen molar-refractivity contribution < 1.29 is 9.13 Å². The average molecular weight is 247 g/mol. The maximum Gasteiger partial charge on any atom is 0.171 e. The third kappa shape index (κ3) is 2.20. The summed E-state index contributed by atoms with van der Waals surface area (Å²) < 4.78 is 20.6. The van der Waals surface area contributed by atoms with Gasteiger partial charge in [-0.15, -0.1) is 10.2 Å². The number of aryl methyl sites for hydroxylation is 1. The molecule has 1 aromatic carbocycles. The maximum atomic E-state index is 13.0. The van der Waals surface area contributed by atoms with Crippen LogP contribution in [0, 0.1) is 5.82 Å². The number of halogens is 1. The lowest BCUT2D eigenvalue weighted by molar-refractivity contribution is 0.285. The fourth-order valence-corrected chi connectivity index (χ4v) is 2.18. The van der Waals surface area contributed by atoms with Gasteiger partial charge in [-0.25, -0.2) is 4.39 Å². The molecule has 0 aliphatic carbocycles. The lowest BCUT2D eigenvalue weighted by atomic mass is 10.2. The summed E-state index contributed by atoms with van der Waals surface area (Å²) in [6.45, 7) is 1.28. The van der Waals surface area contributed by atoms with Gasteiger partial charge in [-0.05, 0) is 25.0 Å². The molecule has 94 valence electrons. The second-order valence-corrected chi connectivity index (χ2v) is 4.39. The SMILES string of the molecule is Fc1cccc(OCc2nnc3n2CCCC3)c1. The average Bonchev–Trinajstić information content (AvgIpc) is 2.80. The Bertz CT molecular complexity index is 553. The molecule has 1 aliphatic rings. The monoisotopic (exact) mass is 247 g/mol. The highest BCUT2D eigenvalue weighted by Gasteiger charge is 2.15. The van der Waals surface area contributed by atoms with Crippen LogP contribution in [-0.4, -0.2) is 14.8 Å². The molecule has 0 saturated carbocycles. The van der Waals surface area contributed by atoms with E-state index in [0.29, 0.717) is 12.4 Å². The van der Waals surface area contributed by atoms with Crippen LogP contribution in [0.2, 0.25) is 0 Å². The molecular weight excluding hydrogens is 233 g/mol. The molecule has 0 spiro atoms. The van der Waals surface area contributed by atoms with Crippen LogP contribution in [0.5, 0.6) is 5.75 Å². The highest BCUT2D eigenvalue weighted by molar-refractivity contribution is 5.22. The Morgan fingerprint density at radius 1 is 1.28 bits per heavy atom. The van der Waals surface area contributed by atoms with Gasteiger partial charge >= 0.3 is 0 Å². The van der Waals surface area contributed by atoms with Crippen molar-refractivity contribution in [3.8, 4) is 5.75 Å². The number of hydrogen-bond acceptors (Lipinski definition) is 3. The largest absolute Gasteiger partial charge is 0.486 e. The first kappa shape index (κ1) is 11.2. The van der Waals surface area contributed by atoms with Crippen molar-refractivity contribution in [2.45, 2.75) is 32.4 Å². The van der Waals surface area contributed by atoms with E-state index in [0.717, 1.165) is 31.0 Å². The predicted molar refractivity (Wildman–Crippen MR) is 63.7 cm³/mol. The Labute approximate surface area is 104 Å². The molecule has 0 saturated heterocycles. The van der Waals surface area contributed by atoms with Crippen molar-refractivity contribution in [1.29, 1.82) is 0 Å². The fourth-order valence-electron chi connectivity index (χ4n) is 2.18. The van der Waals surface area contributed by atoms with Crippen molar-refractivity contribution in [2.75, 3.05) is 0 Å². The number of hydrogen-bond donors (Lipinski definition) is 0. The van der Waals surface area contributed by atoms with Gasteiger partial charge in [-0.1, -0.05) is 6.07 Å². The highest BCUT2D eigenvalue weighted by atomic mass is 19.1. The lowest BCUT2D eigenvalue weighted by Gasteiger charge is -2.14. The number of nitrogens with zero attached hydrogens (tertiary/aromatic N) is 3. The summed E-state index contributed by atoms with van der Waals surface area (Å²) in [4.78, 5) is 0. The lowest BCUT2D eigenvalue weighted by Crippen LogP contribution is -2.14. The first-order chi connectivity index (χ1) is 8.83. The van der Waals surface area contributed by atoms with Crippen LogP contribution in [0.3, 0.4) is 0 Å². The van der Waals surface area contributed by atoms with Gasteiger partial charge in [-0.2, -0.15) is 0 Å². The minimum atomic E-state index is -0.296. The number of ether oxygens (including phenoxy) is 1. The summed E-state index contributed by atoms with van der Waals surface area (Å²) in [5.41, 5.74) is 0. The van der Waals surface area contributed by atoms with E-state index in [-0.39, 0.29) is 5.82 Å². The van der Waals surface area contributed by atoms with E-state index >= 15 is 0 Å². The highest BCUT2D eigenvalue weighted by Crippen LogP contribution is 2.17. The first-order valence-electron chi connectivity index (χ1n) is 6.12. The Hall–Kier alpha value is -1.91. The van der Waals surface area contributed by atoms with Crippen LogP contribution >= 0.6 is 0 Å². The molecule has 2 aromatic rings. The molecule has 0 amide bonds. The van der Waals surface area contributed by atoms with E-state index in [1.54, 1.807) is 12.1 Å². The number of benzene rings is 1. The summed E-state index contributed by atoms with van der Waals surface area (Å²) in [7, 11) is 0. The van der Waals surface area contributed by atoms with Crippen molar-refractivity contribution in [3.63, 3.8) is 0 Å². The standard InChI is InChI=1S/C13H14FN3O/c14-10-4-3-5-11(8-10)18-9-13-16-15-12-6-1-2-7-17(12)13/h3-5,8H,1-2,6-7,9H2. The van der Waals surface area contributed by atoms with E-state index in [4.69, 9.17) is 4.74 Å². The Morgan fingerprint density at radius 2 is 2.22 bits per heavy atom. The molecule has 0 unspecified atom stereocenters. The quantitative estimate of drug-likeness (QED) is 0.835. The number of fused-ring (bicyclic) bond motifs is 1. The number of aromatic nitrogens is 3. The Balaban J connectivity index is 1.72. The molecule has 0 bridgehead atoms. The van der Waals surface area contributed by atoms with Crippen molar-refractivity contribution in [2.24, 2.45) is 0 Å². The second kappa shape index (κ2) is 4.76. The Morgan fingerprint density at radius 3 is 3.11 bits per heavy atom. The maximum absolute atomic E-state index is 13.0. The molecule has 18 heavy (non-hydrogen) atoms. The zero-order valence-corrected chi connectivity index (χ0v) is 9.97. The topological polar surface area (TPSA) is 39.9 Å². The molecule has 0 radical (unpaired) electrons. The number of rotatable bonds is 3. The second-order valence-electron chi connectivity index (χ2n) is 4.39. The minimum Gasteiger partial charge on any atom is -0.486 e. The molecule has 0 N–H and O–H groups in total. The molecule has 1 aromatic heterocycles. The van der Waals surface area contributed by atoms with Crippen LogP contribution in [0.1, 0.15) is 24.5 Å². The summed E-state index contributed by atoms with van der Waals surface area (Å²) >= 11 is 0. The smallest absolute Gasteiger partial charge is 0.171 e. The molecule has 0 atom stereocenters. The third-order valence-electron chi connectivity index (χ3n) is 3.10. The zero-order chi connectivity index (χ0) is 12.4. The molecular formula is C13H14FN3O. The van der Waals surface area contributed by atoms with Crippen molar-refractivity contribution in [1.82, 2.24) is 14.8 Å². The minimum absolute atomic E-state index is 0.296. The molecule has 3 rings (SSSR count). The fraction of sp³-hybridized carbons (Fsp3) is 0.385. The van der Waals surface area contributed by atoms with Gasteiger partial charge in [0.2, 0.25) is 0 Å². The van der Waals surface area contributed by atoms with Crippen LogP contribution in [-0.2, 0) is 19.6 Å². The summed E-state index contributed by atoms with van der Waals surface area (Å²) in [6.07, 6.45) is 3.30. The zero-order valence-electron chi connectivity index (χ0n) is 9.97. The molecule has 5 heteroatoms. The van der Waals surface area contributed by atoms with Crippen LogP contribution < -0.4 is 4.74 Å². The van der Waals surface area contributed by atoms with Gasteiger partial charge in [0.15, 0.2) is 5.82 Å². The van der Waals surface area contributed by atoms with Gasteiger partial charge in [0.25, 0.3) is 0 Å². The van der Waals surface area contributed by atoms with E-state index in [2.05, 4.69) is 14.8 Å².